The van der Waals surface area contributed by atoms with E-state index in [-0.39, 0.29) is 10.8 Å². The van der Waals surface area contributed by atoms with Crippen LogP contribution in [0.5, 0.6) is 0 Å². The summed E-state index contributed by atoms with van der Waals surface area (Å²) in [7, 11) is 0. The summed E-state index contributed by atoms with van der Waals surface area (Å²) in [6.45, 7) is 9.64. The highest BCUT2D eigenvalue weighted by molar-refractivity contribution is 5.85. The van der Waals surface area contributed by atoms with Gasteiger partial charge in [-0.15, -0.1) is 0 Å². The van der Waals surface area contributed by atoms with E-state index in [4.69, 9.17) is 0 Å². The van der Waals surface area contributed by atoms with Crippen molar-refractivity contribution in [2.75, 3.05) is 9.80 Å². The molecular weight excluding hydrogens is 701 g/mol. The lowest BCUT2D eigenvalue weighted by molar-refractivity contribution is 0.393. The van der Waals surface area contributed by atoms with Crippen molar-refractivity contribution in [2.45, 2.75) is 57.3 Å². The average Bonchev–Trinajstić information content (AvgIpc) is 3.63. The minimum Gasteiger partial charge on any atom is -0.314 e. The van der Waals surface area contributed by atoms with Crippen LogP contribution < -0.4 is 9.80 Å². The van der Waals surface area contributed by atoms with E-state index in [9.17, 15) is 0 Å². The van der Waals surface area contributed by atoms with Crippen molar-refractivity contribution >= 4 is 34.5 Å². The molecule has 0 spiro atoms. The predicted octanol–water partition coefficient (Wildman–Crippen LogP) is 15.0. The number of hydrogen-bond donors (Lipinski definition) is 0. The van der Waals surface area contributed by atoms with E-state index in [1.807, 2.05) is 0 Å². The summed E-state index contributed by atoms with van der Waals surface area (Å²) in [6, 6.07) is 53.5. The van der Waals surface area contributed by atoms with Crippen molar-refractivity contribution in [3.05, 3.63) is 227 Å². The van der Waals surface area contributed by atoms with E-state index in [1.165, 1.54) is 67.3 Å². The Kier molecular flexibility index (Phi) is 8.82. The molecule has 0 fully saturated rings. The fraction of sp³-hybridized carbons (Fsp3) is 0.179. The summed E-state index contributed by atoms with van der Waals surface area (Å²) >= 11 is 0. The molecule has 0 saturated carbocycles. The van der Waals surface area contributed by atoms with Crippen LogP contribution in [0.15, 0.2) is 199 Å². The maximum atomic E-state index is 2.53. The van der Waals surface area contributed by atoms with Gasteiger partial charge in [0.05, 0.1) is 0 Å². The summed E-state index contributed by atoms with van der Waals surface area (Å²) in [5.41, 5.74) is 18.0. The molecule has 0 saturated heterocycles. The van der Waals surface area contributed by atoms with Gasteiger partial charge >= 0.3 is 0 Å². The maximum Gasteiger partial charge on any atom is 0.0464 e. The van der Waals surface area contributed by atoms with Gasteiger partial charge < -0.3 is 9.80 Å². The van der Waals surface area contributed by atoms with Crippen molar-refractivity contribution in [3.8, 4) is 11.1 Å². The van der Waals surface area contributed by atoms with Gasteiger partial charge in [-0.05, 0) is 135 Å². The molecule has 6 aromatic carbocycles. The highest BCUT2D eigenvalue weighted by Crippen LogP contribution is 2.55. The number of benzene rings is 6. The minimum absolute atomic E-state index is 0.0263. The Hall–Kier alpha value is -6.38. The molecule has 284 valence electrons. The summed E-state index contributed by atoms with van der Waals surface area (Å²) in [5, 5.41) is 0. The standard InChI is InChI=1S/C56H50N2/c1-55(2)51-35-39(27-31-47(51)49-33-29-45(37-53(49)55)57(41-17-9-5-10-18-41)42-19-11-6-12-20-42)25-26-40-28-32-48-50-34-30-46(38-54(50)56(3,4)52(48)36-40)58(43-21-13-7-14-22-43)44-23-15-8-16-24-44/h5-15,17-23,25-38,47,51H,16,24H2,1-4H3/b26-25+. The molecular formula is C56H50N2. The largest absolute Gasteiger partial charge is 0.314 e. The van der Waals surface area contributed by atoms with Crippen LogP contribution in [0.3, 0.4) is 0 Å². The van der Waals surface area contributed by atoms with E-state index in [1.54, 1.807) is 0 Å². The van der Waals surface area contributed by atoms with Crippen LogP contribution in [0.1, 0.15) is 74.3 Å². The first kappa shape index (κ1) is 36.0. The minimum atomic E-state index is -0.125. The van der Waals surface area contributed by atoms with Crippen molar-refractivity contribution in [1.29, 1.82) is 0 Å². The van der Waals surface area contributed by atoms with Gasteiger partial charge in [-0.1, -0.05) is 155 Å². The lowest BCUT2D eigenvalue weighted by atomic mass is 9.73. The van der Waals surface area contributed by atoms with Crippen molar-refractivity contribution in [3.63, 3.8) is 0 Å². The SMILES string of the molecule is CC1(C)c2cc(/C=C/C3=CC4C(C=C3)c3ccc(N(c5ccccc5)c5ccccc5)cc3C4(C)C)ccc2-c2ccc(N(C3=CC=CCC3)c3ccccc3)cc21. The molecule has 0 aromatic heterocycles. The molecule has 0 N–H and O–H groups in total. The number of allylic oxidation sites excluding steroid dienone is 9. The van der Waals surface area contributed by atoms with E-state index in [0.717, 1.165) is 24.2 Å². The number of para-hydroxylation sites is 3. The zero-order valence-corrected chi connectivity index (χ0v) is 33.9. The molecule has 10 rings (SSSR count). The second kappa shape index (κ2) is 14.2. The summed E-state index contributed by atoms with van der Waals surface area (Å²) in [5.74, 6) is 0.744. The second-order valence-electron chi connectivity index (χ2n) is 17.4. The highest BCUT2D eigenvalue weighted by atomic mass is 15.2. The van der Waals surface area contributed by atoms with Crippen LogP contribution in [0.2, 0.25) is 0 Å². The molecule has 0 amide bonds. The van der Waals surface area contributed by atoms with Gasteiger partial charge in [0, 0.05) is 45.5 Å². The van der Waals surface area contributed by atoms with Gasteiger partial charge in [-0.2, -0.15) is 0 Å². The molecule has 6 aromatic rings. The molecule has 2 atom stereocenters. The lowest BCUT2D eigenvalue weighted by Gasteiger charge is -2.31. The highest BCUT2D eigenvalue weighted by Gasteiger charge is 2.45. The first-order valence-corrected chi connectivity index (χ1v) is 20.9. The Balaban J connectivity index is 0.923. The van der Waals surface area contributed by atoms with Crippen molar-refractivity contribution < 1.29 is 0 Å². The van der Waals surface area contributed by atoms with E-state index >= 15 is 0 Å². The Morgan fingerprint density at radius 2 is 1.16 bits per heavy atom. The van der Waals surface area contributed by atoms with Gasteiger partial charge in [0.15, 0.2) is 0 Å². The Morgan fingerprint density at radius 3 is 1.81 bits per heavy atom. The van der Waals surface area contributed by atoms with Crippen LogP contribution in [0, 0.1) is 5.92 Å². The van der Waals surface area contributed by atoms with Crippen LogP contribution >= 0.6 is 0 Å². The summed E-state index contributed by atoms with van der Waals surface area (Å²) in [6.07, 6.45) is 20.8. The first-order valence-electron chi connectivity index (χ1n) is 20.9. The molecule has 0 heterocycles. The van der Waals surface area contributed by atoms with E-state index in [0.29, 0.717) is 11.8 Å². The third kappa shape index (κ3) is 6.10. The number of hydrogen-bond acceptors (Lipinski definition) is 2. The third-order valence-electron chi connectivity index (χ3n) is 13.2. The zero-order chi connectivity index (χ0) is 39.4. The number of rotatable bonds is 8. The molecule has 2 heteroatoms. The van der Waals surface area contributed by atoms with E-state index in [2.05, 4.69) is 232 Å². The zero-order valence-electron chi connectivity index (χ0n) is 33.9. The van der Waals surface area contributed by atoms with Crippen LogP contribution in [0.25, 0.3) is 17.2 Å². The van der Waals surface area contributed by atoms with E-state index < -0.39 is 0 Å². The van der Waals surface area contributed by atoms with Gasteiger partial charge in [0.25, 0.3) is 0 Å². The lowest BCUT2D eigenvalue weighted by Crippen LogP contribution is -2.25. The van der Waals surface area contributed by atoms with Crippen LogP contribution in [-0.2, 0) is 10.8 Å². The fourth-order valence-electron chi connectivity index (χ4n) is 10.1. The number of nitrogens with zero attached hydrogens (tertiary/aromatic N) is 2. The third-order valence-corrected chi connectivity index (χ3v) is 13.2. The average molecular weight is 751 g/mol. The number of fused-ring (bicyclic) bond motifs is 6. The molecule has 0 bridgehead atoms. The Bertz CT molecular complexity index is 2630. The quantitative estimate of drug-likeness (QED) is 0.153. The molecule has 4 aliphatic carbocycles. The van der Waals surface area contributed by atoms with Crippen molar-refractivity contribution in [2.24, 2.45) is 5.92 Å². The molecule has 0 radical (unpaired) electrons. The monoisotopic (exact) mass is 750 g/mol. The van der Waals surface area contributed by atoms with Gasteiger partial charge in [-0.25, -0.2) is 0 Å². The van der Waals surface area contributed by atoms with Crippen molar-refractivity contribution in [1.82, 2.24) is 0 Å². The van der Waals surface area contributed by atoms with Crippen LogP contribution in [-0.4, -0.2) is 0 Å². The van der Waals surface area contributed by atoms with Gasteiger partial charge in [0.2, 0.25) is 0 Å². The molecule has 4 aliphatic rings. The molecule has 0 aliphatic heterocycles. The predicted molar refractivity (Wildman–Crippen MR) is 246 cm³/mol. The Labute approximate surface area is 344 Å². The smallest absolute Gasteiger partial charge is 0.0464 e. The first-order chi connectivity index (χ1) is 28.3. The fourth-order valence-corrected chi connectivity index (χ4v) is 10.1. The summed E-state index contributed by atoms with van der Waals surface area (Å²) < 4.78 is 0. The molecule has 2 unspecified atom stereocenters. The second-order valence-corrected chi connectivity index (χ2v) is 17.4. The molecule has 58 heavy (non-hydrogen) atoms. The maximum absolute atomic E-state index is 2.53. The van der Waals surface area contributed by atoms with Gasteiger partial charge in [0.1, 0.15) is 0 Å². The Morgan fingerprint density at radius 1 is 0.569 bits per heavy atom. The number of anilines is 5. The topological polar surface area (TPSA) is 6.48 Å². The summed E-state index contributed by atoms with van der Waals surface area (Å²) in [4.78, 5) is 4.82. The van der Waals surface area contributed by atoms with Crippen LogP contribution in [0.4, 0.5) is 28.4 Å². The molecule has 2 nitrogen and oxygen atoms in total. The van der Waals surface area contributed by atoms with Gasteiger partial charge in [-0.3, -0.25) is 0 Å². The normalized spacial score (nSPS) is 19.2.